The Morgan fingerprint density at radius 2 is 2.05 bits per heavy atom. The van der Waals surface area contributed by atoms with Gasteiger partial charge in [0.25, 0.3) is 0 Å². The Balaban J connectivity index is 1.71. The maximum absolute atomic E-state index is 9.04. The highest BCUT2D eigenvalue weighted by Crippen LogP contribution is 2.35. The maximum Gasteiger partial charge on any atom is 0.122 e. The van der Waals surface area contributed by atoms with E-state index in [-0.39, 0.29) is 0 Å². The lowest BCUT2D eigenvalue weighted by Crippen LogP contribution is -2.37. The highest BCUT2D eigenvalue weighted by Gasteiger charge is 2.29. The van der Waals surface area contributed by atoms with Crippen LogP contribution in [-0.4, -0.2) is 30.6 Å². The molecular formula is C16H20N2O. The van der Waals surface area contributed by atoms with E-state index < -0.39 is 0 Å². The Kier molecular flexibility index (Phi) is 3.70. The van der Waals surface area contributed by atoms with Crippen LogP contribution in [0.1, 0.15) is 37.2 Å². The third-order valence-corrected chi connectivity index (χ3v) is 4.37. The van der Waals surface area contributed by atoms with E-state index in [0.717, 1.165) is 18.9 Å². The minimum Gasteiger partial charge on any atom is -0.493 e. The molecular weight excluding hydrogens is 236 g/mol. The number of hydrogen-bond donors (Lipinski definition) is 0. The van der Waals surface area contributed by atoms with Gasteiger partial charge < -0.3 is 4.74 Å². The zero-order chi connectivity index (χ0) is 13.1. The number of para-hydroxylation sites is 1. The SMILES string of the molecule is N#CCN(CC1COc2ccccc21)C1CCCC1. The lowest BCUT2D eigenvalue weighted by Gasteiger charge is -2.28. The standard InChI is InChI=1S/C16H20N2O/c17-9-10-18(14-5-1-2-6-14)11-13-12-19-16-8-4-3-7-15(13)16/h3-4,7-8,13-14H,1-2,5-6,10-12H2. The summed E-state index contributed by atoms with van der Waals surface area (Å²) in [5.41, 5.74) is 1.31. The molecule has 1 aliphatic heterocycles. The first kappa shape index (κ1) is 12.5. The van der Waals surface area contributed by atoms with Crippen molar-refractivity contribution in [2.45, 2.75) is 37.6 Å². The normalized spacial score (nSPS) is 22.2. The monoisotopic (exact) mass is 256 g/mol. The number of ether oxygens (including phenoxy) is 1. The number of fused-ring (bicyclic) bond motifs is 1. The average Bonchev–Trinajstić information content (AvgIpc) is 3.08. The van der Waals surface area contributed by atoms with E-state index in [2.05, 4.69) is 23.1 Å². The minimum atomic E-state index is 0.421. The van der Waals surface area contributed by atoms with E-state index in [9.17, 15) is 0 Å². The van der Waals surface area contributed by atoms with Gasteiger partial charge in [-0.3, -0.25) is 4.90 Å². The van der Waals surface area contributed by atoms with Crippen LogP contribution in [0.3, 0.4) is 0 Å². The molecule has 1 saturated carbocycles. The van der Waals surface area contributed by atoms with Crippen LogP contribution in [-0.2, 0) is 0 Å². The molecule has 0 aromatic heterocycles. The molecule has 1 unspecified atom stereocenters. The van der Waals surface area contributed by atoms with E-state index in [1.54, 1.807) is 0 Å². The maximum atomic E-state index is 9.04. The highest BCUT2D eigenvalue weighted by atomic mass is 16.5. The van der Waals surface area contributed by atoms with Crippen LogP contribution in [0, 0.1) is 11.3 Å². The second-order valence-electron chi connectivity index (χ2n) is 5.57. The summed E-state index contributed by atoms with van der Waals surface area (Å²) in [5.74, 6) is 1.45. The quantitative estimate of drug-likeness (QED) is 0.777. The Morgan fingerprint density at radius 1 is 1.26 bits per heavy atom. The topological polar surface area (TPSA) is 36.3 Å². The molecule has 1 atom stereocenters. The molecule has 1 aromatic rings. The van der Waals surface area contributed by atoms with Gasteiger partial charge in [-0.25, -0.2) is 0 Å². The first-order chi connectivity index (χ1) is 9.38. The zero-order valence-electron chi connectivity index (χ0n) is 11.2. The molecule has 1 aromatic carbocycles. The van der Waals surface area contributed by atoms with E-state index in [1.807, 2.05) is 12.1 Å². The minimum absolute atomic E-state index is 0.421. The van der Waals surface area contributed by atoms with Crippen molar-refractivity contribution in [3.05, 3.63) is 29.8 Å². The summed E-state index contributed by atoms with van der Waals surface area (Å²) in [7, 11) is 0. The second kappa shape index (κ2) is 5.63. The first-order valence-electron chi connectivity index (χ1n) is 7.21. The summed E-state index contributed by atoms with van der Waals surface area (Å²) in [4.78, 5) is 2.36. The molecule has 100 valence electrons. The van der Waals surface area contributed by atoms with Gasteiger partial charge in [0, 0.05) is 24.1 Å². The Hall–Kier alpha value is -1.53. The molecule has 1 fully saturated rings. The fourth-order valence-electron chi connectivity index (χ4n) is 3.37. The van der Waals surface area contributed by atoms with Gasteiger partial charge in [0.1, 0.15) is 5.75 Å². The summed E-state index contributed by atoms with van der Waals surface area (Å²) < 4.78 is 5.74. The number of benzene rings is 1. The average molecular weight is 256 g/mol. The van der Waals surface area contributed by atoms with Crippen molar-refractivity contribution in [2.75, 3.05) is 19.7 Å². The van der Waals surface area contributed by atoms with Gasteiger partial charge in [-0.1, -0.05) is 31.0 Å². The number of hydrogen-bond acceptors (Lipinski definition) is 3. The predicted molar refractivity (Wildman–Crippen MR) is 74.1 cm³/mol. The predicted octanol–water partition coefficient (Wildman–Crippen LogP) is 2.93. The Morgan fingerprint density at radius 3 is 2.84 bits per heavy atom. The van der Waals surface area contributed by atoms with Crippen LogP contribution in [0.15, 0.2) is 24.3 Å². The summed E-state index contributed by atoms with van der Waals surface area (Å²) in [6.07, 6.45) is 5.11. The van der Waals surface area contributed by atoms with Crippen LogP contribution >= 0.6 is 0 Å². The van der Waals surface area contributed by atoms with E-state index >= 15 is 0 Å². The Bertz CT molecular complexity index is 474. The highest BCUT2D eigenvalue weighted by molar-refractivity contribution is 5.39. The van der Waals surface area contributed by atoms with Crippen molar-refractivity contribution < 1.29 is 4.74 Å². The van der Waals surface area contributed by atoms with Crippen molar-refractivity contribution in [3.8, 4) is 11.8 Å². The number of nitrogens with zero attached hydrogens (tertiary/aromatic N) is 2. The van der Waals surface area contributed by atoms with Crippen LogP contribution in [0.5, 0.6) is 5.75 Å². The van der Waals surface area contributed by atoms with Crippen LogP contribution in [0.25, 0.3) is 0 Å². The molecule has 1 aliphatic carbocycles. The Labute approximate surface area is 114 Å². The van der Waals surface area contributed by atoms with Crippen molar-refractivity contribution in [2.24, 2.45) is 0 Å². The number of rotatable bonds is 4. The lowest BCUT2D eigenvalue weighted by molar-refractivity contribution is 0.195. The van der Waals surface area contributed by atoms with Crippen LogP contribution in [0.2, 0.25) is 0 Å². The van der Waals surface area contributed by atoms with E-state index in [1.165, 1.54) is 31.2 Å². The molecule has 2 aliphatic rings. The molecule has 3 heteroatoms. The first-order valence-corrected chi connectivity index (χ1v) is 7.21. The summed E-state index contributed by atoms with van der Waals surface area (Å²) in [6, 6.07) is 11.2. The van der Waals surface area contributed by atoms with Gasteiger partial charge >= 0.3 is 0 Å². The van der Waals surface area contributed by atoms with Crippen LogP contribution < -0.4 is 4.74 Å². The third-order valence-electron chi connectivity index (χ3n) is 4.37. The van der Waals surface area contributed by atoms with Gasteiger partial charge in [0.05, 0.1) is 19.2 Å². The van der Waals surface area contributed by atoms with Crippen molar-refractivity contribution >= 4 is 0 Å². The smallest absolute Gasteiger partial charge is 0.122 e. The molecule has 0 bridgehead atoms. The van der Waals surface area contributed by atoms with E-state index in [0.29, 0.717) is 18.5 Å². The molecule has 0 N–H and O–H groups in total. The summed E-state index contributed by atoms with van der Waals surface area (Å²) in [5, 5.41) is 9.04. The van der Waals surface area contributed by atoms with Gasteiger partial charge in [-0.05, 0) is 18.9 Å². The second-order valence-corrected chi connectivity index (χ2v) is 5.57. The van der Waals surface area contributed by atoms with E-state index in [4.69, 9.17) is 10.00 Å². The molecule has 0 saturated heterocycles. The molecule has 3 rings (SSSR count). The number of nitriles is 1. The van der Waals surface area contributed by atoms with Crippen molar-refractivity contribution in [3.63, 3.8) is 0 Å². The van der Waals surface area contributed by atoms with Gasteiger partial charge in [0.15, 0.2) is 0 Å². The molecule has 0 radical (unpaired) electrons. The van der Waals surface area contributed by atoms with Crippen molar-refractivity contribution in [1.82, 2.24) is 4.90 Å². The van der Waals surface area contributed by atoms with Gasteiger partial charge in [0.2, 0.25) is 0 Å². The van der Waals surface area contributed by atoms with Gasteiger partial charge in [-0.15, -0.1) is 0 Å². The molecule has 19 heavy (non-hydrogen) atoms. The summed E-state index contributed by atoms with van der Waals surface area (Å²) in [6.45, 7) is 2.26. The fraction of sp³-hybridized carbons (Fsp3) is 0.562. The third kappa shape index (κ3) is 2.59. The molecule has 0 amide bonds. The largest absolute Gasteiger partial charge is 0.493 e. The molecule has 1 heterocycles. The van der Waals surface area contributed by atoms with Gasteiger partial charge in [-0.2, -0.15) is 5.26 Å². The lowest BCUT2D eigenvalue weighted by atomic mass is 10.00. The molecule has 0 spiro atoms. The fourth-order valence-corrected chi connectivity index (χ4v) is 3.37. The zero-order valence-corrected chi connectivity index (χ0v) is 11.2. The van der Waals surface area contributed by atoms with Crippen molar-refractivity contribution in [1.29, 1.82) is 5.26 Å². The van der Waals surface area contributed by atoms with Crippen LogP contribution in [0.4, 0.5) is 0 Å². The molecule has 3 nitrogen and oxygen atoms in total. The summed E-state index contributed by atoms with van der Waals surface area (Å²) >= 11 is 0.